The molecule has 11 nitrogen and oxygen atoms in total. The Morgan fingerprint density at radius 3 is 2.45 bits per heavy atom. The van der Waals surface area contributed by atoms with Gasteiger partial charge >= 0.3 is 17.8 Å². The van der Waals surface area contributed by atoms with Crippen LogP contribution >= 0.6 is 23.2 Å². The number of carbonyl (C=O) groups excluding carboxylic acids is 1. The van der Waals surface area contributed by atoms with Gasteiger partial charge in [0.2, 0.25) is 0 Å². The number of hydroxylamine groups is 1. The molecule has 0 bridgehead atoms. The lowest BCUT2D eigenvalue weighted by atomic mass is 10.2. The van der Waals surface area contributed by atoms with Crippen molar-refractivity contribution in [3.05, 3.63) is 54.8 Å². The van der Waals surface area contributed by atoms with Gasteiger partial charge in [0.05, 0.1) is 15.7 Å². The summed E-state index contributed by atoms with van der Waals surface area (Å²) in [4.78, 5) is 40.0. The molecule has 1 aromatic carbocycles. The van der Waals surface area contributed by atoms with E-state index < -0.39 is 34.0 Å². The van der Waals surface area contributed by atoms with Gasteiger partial charge < -0.3 is 4.74 Å². The quantitative estimate of drug-likeness (QED) is 0.574. The molecule has 3 rings (SSSR count). The number of ether oxygens (including phenoxy) is 1. The molecule has 1 aliphatic rings. The first-order valence-electron chi connectivity index (χ1n) is 8.83. The van der Waals surface area contributed by atoms with Gasteiger partial charge in [-0.05, 0) is 6.07 Å². The summed E-state index contributed by atoms with van der Waals surface area (Å²) in [5, 5.41) is 11.1. The number of rotatable bonds is 5. The lowest BCUT2D eigenvalue weighted by molar-refractivity contribution is -1.09. The van der Waals surface area contributed by atoms with Gasteiger partial charge in [0.1, 0.15) is 21.5 Å². The van der Waals surface area contributed by atoms with Crippen LogP contribution in [0.25, 0.3) is 5.69 Å². The molecule has 0 saturated carbocycles. The molecule has 2 heterocycles. The molecule has 0 saturated heterocycles. The molecule has 0 fully saturated rings. The Morgan fingerprint density at radius 2 is 1.85 bits per heavy atom. The highest BCUT2D eigenvalue weighted by molar-refractivity contribution is 6.36. The molecule has 16 heteroatoms. The van der Waals surface area contributed by atoms with Gasteiger partial charge in [0.25, 0.3) is 11.4 Å². The summed E-state index contributed by atoms with van der Waals surface area (Å²) in [6.07, 6.45) is -4.92. The highest BCUT2D eigenvalue weighted by Crippen LogP contribution is 2.33. The molecule has 176 valence electrons. The van der Waals surface area contributed by atoms with Crippen molar-refractivity contribution in [2.24, 2.45) is 22.5 Å². The van der Waals surface area contributed by atoms with Crippen molar-refractivity contribution >= 4 is 35.0 Å². The van der Waals surface area contributed by atoms with Gasteiger partial charge in [-0.25, -0.2) is 19.0 Å². The van der Waals surface area contributed by atoms with Gasteiger partial charge in [-0.2, -0.15) is 13.2 Å². The van der Waals surface area contributed by atoms with Crippen molar-refractivity contribution in [1.29, 1.82) is 0 Å². The molecule has 0 N–H and O–H groups in total. The molecular weight excluding hydrogens is 496 g/mol. The average molecular weight is 510 g/mol. The fraction of sp³-hybridized carbons (Fsp3) is 0.294. The van der Waals surface area contributed by atoms with Crippen LogP contribution in [0.3, 0.4) is 0 Å². The molecular formula is C17H14Cl2F3N6O5+. The summed E-state index contributed by atoms with van der Waals surface area (Å²) in [7, 11) is 2.20. The largest absolute Gasteiger partial charge is 0.484 e. The van der Waals surface area contributed by atoms with Crippen LogP contribution in [0.5, 0.6) is 5.75 Å². The predicted molar refractivity (Wildman–Crippen MR) is 108 cm³/mol. The Labute approximate surface area is 192 Å². The van der Waals surface area contributed by atoms with E-state index in [2.05, 4.69) is 15.4 Å². The second-order valence-corrected chi connectivity index (χ2v) is 7.50. The van der Waals surface area contributed by atoms with E-state index in [-0.39, 0.29) is 44.6 Å². The van der Waals surface area contributed by atoms with Crippen molar-refractivity contribution in [1.82, 2.24) is 9.13 Å². The molecule has 1 atom stereocenters. The highest BCUT2D eigenvalue weighted by Gasteiger charge is 2.36. The number of nitrogens with zero attached hydrogens (tertiary/aromatic N) is 6. The number of aromatic nitrogens is 2. The predicted octanol–water partition coefficient (Wildman–Crippen LogP) is 2.86. The number of hydrogen-bond donors (Lipinski definition) is 0. The van der Waals surface area contributed by atoms with E-state index in [9.17, 15) is 27.6 Å². The Bertz CT molecular complexity index is 1320. The van der Waals surface area contributed by atoms with E-state index in [1.165, 1.54) is 7.05 Å². The van der Waals surface area contributed by atoms with Crippen LogP contribution in [0, 0.1) is 0 Å². The Kier molecular flexibility index (Phi) is 6.37. The van der Waals surface area contributed by atoms with Crippen LogP contribution in [0.1, 0.15) is 12.6 Å². The minimum atomic E-state index is -4.92. The van der Waals surface area contributed by atoms with Crippen molar-refractivity contribution in [3.8, 4) is 11.4 Å². The van der Waals surface area contributed by atoms with Crippen LogP contribution in [0.2, 0.25) is 10.0 Å². The maximum atomic E-state index is 13.1. The van der Waals surface area contributed by atoms with E-state index >= 15 is 0 Å². The zero-order valence-electron chi connectivity index (χ0n) is 17.1. The lowest BCUT2D eigenvalue weighted by Crippen LogP contribution is -2.40. The third-order valence-corrected chi connectivity index (χ3v) is 4.74. The third-order valence-electron chi connectivity index (χ3n) is 4.14. The monoisotopic (exact) mass is 509 g/mol. The molecule has 33 heavy (non-hydrogen) atoms. The topological polar surface area (TPSA) is 117 Å². The van der Waals surface area contributed by atoms with Crippen molar-refractivity contribution in [3.63, 3.8) is 0 Å². The van der Waals surface area contributed by atoms with Crippen molar-refractivity contribution in [2.75, 3.05) is 13.7 Å². The number of carbonyl (C=O) groups is 1. The van der Waals surface area contributed by atoms with Crippen molar-refractivity contribution in [2.45, 2.75) is 13.1 Å². The molecule has 1 aromatic heterocycles. The van der Waals surface area contributed by atoms with Gasteiger partial charge in [0.15, 0.2) is 13.7 Å². The number of halogens is 5. The van der Waals surface area contributed by atoms with Crippen LogP contribution in [0.4, 0.5) is 13.2 Å². The summed E-state index contributed by atoms with van der Waals surface area (Å²) in [6.45, 7) is 0.838. The number of alkyl halides is 3. The van der Waals surface area contributed by atoms with E-state index in [1.807, 2.05) is 0 Å². The SMILES string of the molecule is CC(=O)O[N+]1(C)N=NC(COc2cc(-n3c(=O)cc(C(F)(F)F)n(C)c3=O)c(Cl)cc2Cl)=N1. The minimum absolute atomic E-state index is 0.00827. The smallest absolute Gasteiger partial charge is 0.431 e. The number of amidine groups is 1. The lowest BCUT2D eigenvalue weighted by Gasteiger charge is -2.16. The number of quaternary nitrogens is 1. The van der Waals surface area contributed by atoms with Crippen molar-refractivity contribution < 1.29 is 32.4 Å². The fourth-order valence-electron chi connectivity index (χ4n) is 2.79. The molecule has 1 unspecified atom stereocenters. The first-order valence-corrected chi connectivity index (χ1v) is 9.59. The number of benzene rings is 1. The Balaban J connectivity index is 1.97. The first kappa shape index (κ1) is 24.4. The third kappa shape index (κ3) is 5.07. The van der Waals surface area contributed by atoms with Gasteiger partial charge in [-0.15, -0.1) is 0 Å². The molecule has 0 aliphatic carbocycles. The van der Waals surface area contributed by atoms with Crippen LogP contribution in [-0.4, -0.2) is 39.5 Å². The standard InChI is InChI=1S/C17H14Cl2F3N6O5/c1-8(29)33-28(3)24-14(23-25-28)7-32-12-5-11(9(18)4-10(12)19)27-15(30)6-13(17(20,21)22)26(2)16(27)31/h4-6H,7H2,1-3H3/q+1. The summed E-state index contributed by atoms with van der Waals surface area (Å²) < 4.78 is 45.5. The average Bonchev–Trinajstić information content (AvgIpc) is 3.04. The maximum absolute atomic E-state index is 13.1. The maximum Gasteiger partial charge on any atom is 0.431 e. The van der Waals surface area contributed by atoms with Gasteiger partial charge in [-0.3, -0.25) is 9.36 Å². The number of hydrogen-bond acceptors (Lipinski definition) is 8. The van der Waals surface area contributed by atoms with E-state index in [0.29, 0.717) is 4.57 Å². The Hall–Kier alpha value is -3.23. The minimum Gasteiger partial charge on any atom is -0.484 e. The van der Waals surface area contributed by atoms with E-state index in [1.54, 1.807) is 0 Å². The van der Waals surface area contributed by atoms with Crippen LogP contribution < -0.4 is 16.0 Å². The molecule has 1 aliphatic heterocycles. The summed E-state index contributed by atoms with van der Waals surface area (Å²) in [5.41, 5.74) is -4.22. The highest BCUT2D eigenvalue weighted by atomic mass is 35.5. The zero-order chi connectivity index (χ0) is 24.7. The zero-order valence-corrected chi connectivity index (χ0v) is 18.6. The van der Waals surface area contributed by atoms with Crippen LogP contribution in [0.15, 0.2) is 43.2 Å². The van der Waals surface area contributed by atoms with Gasteiger partial charge in [-0.1, -0.05) is 28.3 Å². The normalized spacial score (nSPS) is 17.8. The van der Waals surface area contributed by atoms with Gasteiger partial charge in [0, 0.05) is 31.2 Å². The van der Waals surface area contributed by atoms with E-state index in [0.717, 1.165) is 26.1 Å². The summed E-state index contributed by atoms with van der Waals surface area (Å²) >= 11 is 12.2. The van der Waals surface area contributed by atoms with E-state index in [4.69, 9.17) is 32.8 Å². The van der Waals surface area contributed by atoms with Crippen LogP contribution in [-0.2, 0) is 22.9 Å². The first-order chi connectivity index (χ1) is 15.2. The second kappa shape index (κ2) is 8.61. The summed E-state index contributed by atoms with van der Waals surface area (Å²) in [5.74, 6) is -0.735. The fourth-order valence-corrected chi connectivity index (χ4v) is 3.31. The second-order valence-electron chi connectivity index (χ2n) is 6.69. The Morgan fingerprint density at radius 1 is 1.18 bits per heavy atom. The molecule has 2 aromatic rings. The molecule has 0 amide bonds. The summed E-state index contributed by atoms with van der Waals surface area (Å²) in [6, 6.07) is 2.52. The molecule has 0 spiro atoms. The molecule has 0 radical (unpaired) electrons.